The minimum atomic E-state index is -3.46. The molecule has 32 heavy (non-hydrogen) atoms. The number of hydrogen-bond acceptors (Lipinski definition) is 6. The van der Waals surface area contributed by atoms with Gasteiger partial charge in [0.2, 0.25) is 5.91 Å². The van der Waals surface area contributed by atoms with Crippen LogP contribution in [0.2, 0.25) is 0 Å². The van der Waals surface area contributed by atoms with Gasteiger partial charge in [-0.3, -0.25) is 9.59 Å². The standard InChI is InChI=1S/C23H26N2O5S2/c1-15-7-9-18(10-8-15)32(28,29)11-5-6-21(26)24-23-25(14-22(27)30-4)19-12-16(2)17(3)13-20(19)31-23/h7-10,12-13H,5-6,11,14H2,1-4H3. The molecule has 0 fully saturated rings. The molecule has 0 aliphatic carbocycles. The molecule has 0 radical (unpaired) electrons. The average molecular weight is 475 g/mol. The summed E-state index contributed by atoms with van der Waals surface area (Å²) in [6.45, 7) is 5.80. The Morgan fingerprint density at radius 2 is 1.72 bits per heavy atom. The topological polar surface area (TPSA) is 94.8 Å². The fourth-order valence-electron chi connectivity index (χ4n) is 3.19. The van der Waals surface area contributed by atoms with Gasteiger partial charge in [0.25, 0.3) is 0 Å². The SMILES string of the molecule is COC(=O)Cn1c(=NC(=O)CCCS(=O)(=O)c2ccc(C)cc2)sc2cc(C)c(C)cc21. The number of thiazole rings is 1. The van der Waals surface area contributed by atoms with E-state index in [2.05, 4.69) is 4.99 Å². The highest BCUT2D eigenvalue weighted by Crippen LogP contribution is 2.22. The maximum atomic E-state index is 12.5. The number of methoxy groups -OCH3 is 1. The maximum Gasteiger partial charge on any atom is 0.325 e. The summed E-state index contributed by atoms with van der Waals surface area (Å²) >= 11 is 1.31. The predicted octanol–water partition coefficient (Wildman–Crippen LogP) is 3.48. The van der Waals surface area contributed by atoms with Crippen molar-refractivity contribution in [2.45, 2.75) is 45.1 Å². The summed E-state index contributed by atoms with van der Waals surface area (Å²) < 4.78 is 32.3. The molecule has 0 atom stereocenters. The van der Waals surface area contributed by atoms with Gasteiger partial charge in [0.05, 0.1) is 28.0 Å². The summed E-state index contributed by atoms with van der Waals surface area (Å²) in [6.07, 6.45) is 0.161. The van der Waals surface area contributed by atoms with Crippen molar-refractivity contribution in [2.75, 3.05) is 12.9 Å². The third-order valence-corrected chi connectivity index (χ3v) is 8.07. The maximum absolute atomic E-state index is 12.5. The highest BCUT2D eigenvalue weighted by Gasteiger charge is 2.16. The lowest BCUT2D eigenvalue weighted by Crippen LogP contribution is -2.22. The smallest absolute Gasteiger partial charge is 0.325 e. The van der Waals surface area contributed by atoms with Crippen LogP contribution < -0.4 is 4.80 Å². The van der Waals surface area contributed by atoms with Gasteiger partial charge in [-0.1, -0.05) is 29.0 Å². The van der Waals surface area contributed by atoms with E-state index in [1.54, 1.807) is 28.8 Å². The Kier molecular flexibility index (Phi) is 7.30. The molecule has 0 N–H and O–H groups in total. The van der Waals surface area contributed by atoms with Crippen LogP contribution in [0.1, 0.15) is 29.5 Å². The van der Waals surface area contributed by atoms with Gasteiger partial charge < -0.3 is 9.30 Å². The number of esters is 1. The number of aryl methyl sites for hydroxylation is 3. The average Bonchev–Trinajstić information content (AvgIpc) is 3.04. The van der Waals surface area contributed by atoms with Gasteiger partial charge in [-0.2, -0.15) is 4.99 Å². The summed E-state index contributed by atoms with van der Waals surface area (Å²) in [7, 11) is -2.15. The first kappa shape index (κ1) is 23.9. The van der Waals surface area contributed by atoms with Crippen LogP contribution in [0.5, 0.6) is 0 Å². The number of nitrogens with zero attached hydrogens (tertiary/aromatic N) is 2. The first-order chi connectivity index (χ1) is 15.1. The predicted molar refractivity (Wildman–Crippen MR) is 124 cm³/mol. The van der Waals surface area contributed by atoms with Crippen molar-refractivity contribution in [1.29, 1.82) is 0 Å². The highest BCUT2D eigenvalue weighted by molar-refractivity contribution is 7.91. The lowest BCUT2D eigenvalue weighted by Gasteiger charge is -2.06. The molecule has 1 amide bonds. The van der Waals surface area contributed by atoms with Crippen molar-refractivity contribution in [3.05, 3.63) is 57.9 Å². The summed E-state index contributed by atoms with van der Waals surface area (Å²) in [5.74, 6) is -1.01. The van der Waals surface area contributed by atoms with E-state index in [0.29, 0.717) is 4.80 Å². The molecule has 7 nitrogen and oxygen atoms in total. The lowest BCUT2D eigenvalue weighted by atomic mass is 10.1. The van der Waals surface area contributed by atoms with E-state index in [1.807, 2.05) is 32.9 Å². The molecule has 2 aromatic carbocycles. The Balaban J connectivity index is 1.81. The molecular formula is C23H26N2O5S2. The van der Waals surface area contributed by atoms with Crippen molar-refractivity contribution in [1.82, 2.24) is 4.57 Å². The van der Waals surface area contributed by atoms with E-state index in [-0.39, 0.29) is 30.0 Å². The molecule has 9 heteroatoms. The number of fused-ring (bicyclic) bond motifs is 1. The molecule has 0 aliphatic rings. The van der Waals surface area contributed by atoms with Gasteiger partial charge in [-0.15, -0.1) is 0 Å². The van der Waals surface area contributed by atoms with Crippen LogP contribution in [0.3, 0.4) is 0 Å². The van der Waals surface area contributed by atoms with Crippen LogP contribution in [0, 0.1) is 20.8 Å². The van der Waals surface area contributed by atoms with Crippen molar-refractivity contribution in [2.24, 2.45) is 4.99 Å². The van der Waals surface area contributed by atoms with Gasteiger partial charge in [0, 0.05) is 6.42 Å². The first-order valence-electron chi connectivity index (χ1n) is 10.1. The second kappa shape index (κ2) is 9.79. The molecular weight excluding hydrogens is 448 g/mol. The summed E-state index contributed by atoms with van der Waals surface area (Å²) in [6, 6.07) is 10.6. The van der Waals surface area contributed by atoms with Crippen molar-refractivity contribution in [3.63, 3.8) is 0 Å². The van der Waals surface area contributed by atoms with Gasteiger partial charge in [0.15, 0.2) is 14.6 Å². The van der Waals surface area contributed by atoms with Crippen molar-refractivity contribution < 1.29 is 22.7 Å². The van der Waals surface area contributed by atoms with E-state index in [1.165, 1.54) is 18.4 Å². The van der Waals surface area contributed by atoms with Crippen LogP contribution in [0.4, 0.5) is 0 Å². The molecule has 0 bridgehead atoms. The van der Waals surface area contributed by atoms with Crippen molar-refractivity contribution in [3.8, 4) is 0 Å². The zero-order valence-corrected chi connectivity index (χ0v) is 20.2. The highest BCUT2D eigenvalue weighted by atomic mass is 32.2. The van der Waals surface area contributed by atoms with Crippen LogP contribution in [-0.4, -0.2) is 37.7 Å². The van der Waals surface area contributed by atoms with Crippen LogP contribution in [0.25, 0.3) is 10.2 Å². The Bertz CT molecular complexity index is 1330. The number of carbonyl (C=O) groups excluding carboxylic acids is 2. The molecule has 3 aromatic rings. The van der Waals surface area contributed by atoms with E-state index in [0.717, 1.165) is 26.9 Å². The van der Waals surface area contributed by atoms with E-state index in [9.17, 15) is 18.0 Å². The number of sulfone groups is 1. The van der Waals surface area contributed by atoms with E-state index in [4.69, 9.17) is 4.74 Å². The molecule has 1 aromatic heterocycles. The first-order valence-corrected chi connectivity index (χ1v) is 12.6. The normalized spacial score (nSPS) is 12.3. The number of hydrogen-bond donors (Lipinski definition) is 0. The molecule has 3 rings (SSSR count). The molecule has 0 unspecified atom stereocenters. The van der Waals surface area contributed by atoms with Crippen LogP contribution in [0.15, 0.2) is 46.3 Å². The number of carbonyl (C=O) groups is 2. The molecule has 1 heterocycles. The summed E-state index contributed by atoms with van der Waals surface area (Å²) in [4.78, 5) is 29.3. The van der Waals surface area contributed by atoms with E-state index >= 15 is 0 Å². The fraction of sp³-hybridized carbons (Fsp3) is 0.348. The molecule has 0 aliphatic heterocycles. The summed E-state index contributed by atoms with van der Waals surface area (Å²) in [5, 5.41) is 0. The van der Waals surface area contributed by atoms with E-state index < -0.39 is 21.7 Å². The number of benzene rings is 2. The van der Waals surface area contributed by atoms with Gasteiger partial charge in [-0.05, 0) is 62.6 Å². The Labute approximate surface area is 191 Å². The largest absolute Gasteiger partial charge is 0.468 e. The Morgan fingerprint density at radius 3 is 2.38 bits per heavy atom. The molecule has 170 valence electrons. The number of amides is 1. The third kappa shape index (κ3) is 5.52. The minimum Gasteiger partial charge on any atom is -0.468 e. The second-order valence-corrected chi connectivity index (χ2v) is 10.8. The quantitative estimate of drug-likeness (QED) is 0.489. The summed E-state index contributed by atoms with van der Waals surface area (Å²) in [5.41, 5.74) is 3.94. The van der Waals surface area contributed by atoms with Crippen LogP contribution in [-0.2, 0) is 30.7 Å². The Hall–Kier alpha value is -2.78. The Morgan fingerprint density at radius 1 is 1.06 bits per heavy atom. The van der Waals surface area contributed by atoms with Gasteiger partial charge in [0.1, 0.15) is 6.54 Å². The fourth-order valence-corrected chi connectivity index (χ4v) is 5.63. The minimum absolute atomic E-state index is 0.00435. The lowest BCUT2D eigenvalue weighted by molar-refractivity contribution is -0.141. The van der Waals surface area contributed by atoms with Crippen molar-refractivity contribution >= 4 is 43.3 Å². The third-order valence-electron chi connectivity index (χ3n) is 5.22. The van der Waals surface area contributed by atoms with Crippen LogP contribution >= 0.6 is 11.3 Å². The molecule has 0 spiro atoms. The monoisotopic (exact) mass is 474 g/mol. The van der Waals surface area contributed by atoms with Gasteiger partial charge >= 0.3 is 5.97 Å². The molecule has 0 saturated carbocycles. The zero-order chi connectivity index (χ0) is 23.5. The van der Waals surface area contributed by atoms with Gasteiger partial charge in [-0.25, -0.2) is 8.42 Å². The zero-order valence-electron chi connectivity index (χ0n) is 18.5. The molecule has 0 saturated heterocycles. The number of ether oxygens (including phenoxy) is 1. The second-order valence-electron chi connectivity index (χ2n) is 7.69. The number of rotatable bonds is 7. The number of aromatic nitrogens is 1.